The smallest absolute Gasteiger partial charge is 0.244 e. The van der Waals surface area contributed by atoms with Crippen LogP contribution in [0.3, 0.4) is 0 Å². The highest BCUT2D eigenvalue weighted by Crippen LogP contribution is 2.21. The van der Waals surface area contributed by atoms with Crippen LogP contribution in [0.2, 0.25) is 0 Å². The number of halogens is 2. The standard InChI is InChI=1S/C24H31F2N3O4S/c1-16(2)13-27-24(31)18(4)28(14-19-8-6-7-17(3)11-19)23(30)15-29(34(5,32)33)20-9-10-21(25)22(26)12-20/h6-12,16,18H,13-15H2,1-5H3,(H,27,31). The van der Waals surface area contributed by atoms with Gasteiger partial charge in [0.05, 0.1) is 11.9 Å². The Morgan fingerprint density at radius 1 is 1.03 bits per heavy atom. The van der Waals surface area contributed by atoms with E-state index in [1.807, 2.05) is 39.0 Å². The van der Waals surface area contributed by atoms with E-state index in [4.69, 9.17) is 0 Å². The Balaban J connectivity index is 2.39. The summed E-state index contributed by atoms with van der Waals surface area (Å²) in [5.41, 5.74) is 1.53. The number of anilines is 1. The molecule has 10 heteroatoms. The van der Waals surface area contributed by atoms with Crippen LogP contribution in [-0.2, 0) is 26.2 Å². The van der Waals surface area contributed by atoms with Crippen LogP contribution in [0.5, 0.6) is 0 Å². The Hall–Kier alpha value is -3.01. The van der Waals surface area contributed by atoms with Crippen LogP contribution in [0.1, 0.15) is 31.9 Å². The second kappa shape index (κ2) is 11.4. The van der Waals surface area contributed by atoms with Gasteiger partial charge in [0.25, 0.3) is 0 Å². The second-order valence-electron chi connectivity index (χ2n) is 8.69. The average Bonchev–Trinajstić information content (AvgIpc) is 2.74. The number of hydrogen-bond donors (Lipinski definition) is 1. The van der Waals surface area contributed by atoms with Gasteiger partial charge < -0.3 is 10.2 Å². The number of carbonyl (C=O) groups is 2. The van der Waals surface area contributed by atoms with Crippen molar-refractivity contribution in [1.82, 2.24) is 10.2 Å². The minimum Gasteiger partial charge on any atom is -0.354 e. The van der Waals surface area contributed by atoms with Crippen molar-refractivity contribution in [2.75, 3.05) is 23.7 Å². The van der Waals surface area contributed by atoms with Gasteiger partial charge in [-0.05, 0) is 37.5 Å². The molecule has 0 radical (unpaired) electrons. The van der Waals surface area contributed by atoms with Crippen LogP contribution in [0, 0.1) is 24.5 Å². The topological polar surface area (TPSA) is 86.8 Å². The number of amides is 2. The van der Waals surface area contributed by atoms with E-state index in [-0.39, 0.29) is 24.1 Å². The van der Waals surface area contributed by atoms with Gasteiger partial charge in [0.2, 0.25) is 21.8 Å². The van der Waals surface area contributed by atoms with Crippen molar-refractivity contribution < 1.29 is 26.8 Å². The van der Waals surface area contributed by atoms with E-state index < -0.39 is 40.2 Å². The third-order valence-corrected chi connectivity index (χ3v) is 6.30. The maximum atomic E-state index is 13.8. The molecule has 34 heavy (non-hydrogen) atoms. The van der Waals surface area contributed by atoms with Gasteiger partial charge in [-0.2, -0.15) is 0 Å². The van der Waals surface area contributed by atoms with Crippen LogP contribution >= 0.6 is 0 Å². The number of nitrogens with zero attached hydrogens (tertiary/aromatic N) is 2. The third kappa shape index (κ3) is 7.51. The first-order valence-corrected chi connectivity index (χ1v) is 12.7. The second-order valence-corrected chi connectivity index (χ2v) is 10.6. The lowest BCUT2D eigenvalue weighted by atomic mass is 10.1. The molecular weight excluding hydrogens is 464 g/mol. The van der Waals surface area contributed by atoms with Gasteiger partial charge in [0, 0.05) is 19.2 Å². The van der Waals surface area contributed by atoms with E-state index >= 15 is 0 Å². The molecule has 2 aromatic carbocycles. The summed E-state index contributed by atoms with van der Waals surface area (Å²) in [6.07, 6.45) is 0.866. The van der Waals surface area contributed by atoms with Gasteiger partial charge in [0.1, 0.15) is 12.6 Å². The summed E-state index contributed by atoms with van der Waals surface area (Å²) in [6, 6.07) is 9.06. The predicted octanol–water partition coefficient (Wildman–Crippen LogP) is 3.23. The van der Waals surface area contributed by atoms with Gasteiger partial charge in [0.15, 0.2) is 11.6 Å². The molecule has 0 spiro atoms. The van der Waals surface area contributed by atoms with Gasteiger partial charge in [-0.25, -0.2) is 17.2 Å². The molecule has 0 fully saturated rings. The Morgan fingerprint density at radius 3 is 2.26 bits per heavy atom. The number of hydrogen-bond acceptors (Lipinski definition) is 4. The molecule has 0 bridgehead atoms. The molecule has 186 valence electrons. The minimum atomic E-state index is -4.03. The van der Waals surface area contributed by atoms with Crippen LogP contribution in [0.4, 0.5) is 14.5 Å². The molecule has 0 heterocycles. The molecule has 0 aromatic heterocycles. The van der Waals surface area contributed by atoms with E-state index in [0.29, 0.717) is 16.9 Å². The number of aryl methyl sites for hydroxylation is 1. The highest BCUT2D eigenvalue weighted by Gasteiger charge is 2.30. The Kier molecular flexibility index (Phi) is 9.14. The van der Waals surface area contributed by atoms with Crippen molar-refractivity contribution in [3.8, 4) is 0 Å². The van der Waals surface area contributed by atoms with Gasteiger partial charge in [-0.1, -0.05) is 43.7 Å². The highest BCUT2D eigenvalue weighted by atomic mass is 32.2. The van der Waals surface area contributed by atoms with E-state index in [2.05, 4.69) is 5.32 Å². The molecule has 0 aliphatic carbocycles. The zero-order valence-electron chi connectivity index (χ0n) is 20.0. The predicted molar refractivity (Wildman–Crippen MR) is 128 cm³/mol. The van der Waals surface area contributed by atoms with Crippen LogP contribution in [0.25, 0.3) is 0 Å². The summed E-state index contributed by atoms with van der Waals surface area (Å²) in [4.78, 5) is 27.4. The summed E-state index contributed by atoms with van der Waals surface area (Å²) in [5, 5.41) is 2.79. The molecule has 2 amide bonds. The van der Waals surface area contributed by atoms with Gasteiger partial charge in [-0.3, -0.25) is 13.9 Å². The van der Waals surface area contributed by atoms with E-state index in [1.165, 1.54) is 4.90 Å². The molecule has 1 unspecified atom stereocenters. The molecule has 1 atom stereocenters. The molecule has 0 aliphatic rings. The fourth-order valence-corrected chi connectivity index (χ4v) is 4.14. The van der Waals surface area contributed by atoms with E-state index in [1.54, 1.807) is 13.0 Å². The van der Waals surface area contributed by atoms with Crippen molar-refractivity contribution in [3.05, 3.63) is 65.2 Å². The SMILES string of the molecule is Cc1cccc(CN(C(=O)CN(c2ccc(F)c(F)c2)S(C)(=O)=O)C(C)C(=O)NCC(C)C)c1. The first-order chi connectivity index (χ1) is 15.8. The van der Waals surface area contributed by atoms with Crippen molar-refractivity contribution in [2.24, 2.45) is 5.92 Å². The van der Waals surface area contributed by atoms with E-state index in [0.717, 1.165) is 29.5 Å². The summed E-state index contributed by atoms with van der Waals surface area (Å²) in [7, 11) is -4.03. The van der Waals surface area contributed by atoms with E-state index in [9.17, 15) is 26.8 Å². The average molecular weight is 496 g/mol. The zero-order chi connectivity index (χ0) is 25.6. The fourth-order valence-electron chi connectivity index (χ4n) is 3.30. The Bertz CT molecular complexity index is 1140. The van der Waals surface area contributed by atoms with Crippen molar-refractivity contribution in [1.29, 1.82) is 0 Å². The highest BCUT2D eigenvalue weighted by molar-refractivity contribution is 7.92. The number of carbonyl (C=O) groups excluding carboxylic acids is 2. The monoisotopic (exact) mass is 495 g/mol. The summed E-state index contributed by atoms with van der Waals surface area (Å²) < 4.78 is 52.7. The molecule has 2 aromatic rings. The van der Waals surface area contributed by atoms with Crippen LogP contribution in [0.15, 0.2) is 42.5 Å². The first-order valence-electron chi connectivity index (χ1n) is 10.8. The van der Waals surface area contributed by atoms with Crippen LogP contribution in [-0.4, -0.2) is 50.5 Å². The maximum Gasteiger partial charge on any atom is 0.244 e. The number of nitrogens with one attached hydrogen (secondary N) is 1. The molecule has 7 nitrogen and oxygen atoms in total. The molecule has 0 saturated carbocycles. The zero-order valence-corrected chi connectivity index (χ0v) is 20.8. The Labute approximate surface area is 199 Å². The summed E-state index contributed by atoms with van der Waals surface area (Å²) in [5.74, 6) is -3.22. The van der Waals surface area contributed by atoms with Crippen molar-refractivity contribution in [2.45, 2.75) is 40.3 Å². The first kappa shape index (κ1) is 27.2. The fraction of sp³-hybridized carbons (Fsp3) is 0.417. The van der Waals surface area contributed by atoms with Gasteiger partial charge in [-0.15, -0.1) is 0 Å². The van der Waals surface area contributed by atoms with Crippen LogP contribution < -0.4 is 9.62 Å². The molecule has 0 aliphatic heterocycles. The Morgan fingerprint density at radius 2 is 1.71 bits per heavy atom. The number of rotatable bonds is 10. The molecule has 0 saturated heterocycles. The lowest BCUT2D eigenvalue weighted by Crippen LogP contribution is -2.51. The normalized spacial score (nSPS) is 12.4. The summed E-state index contributed by atoms with van der Waals surface area (Å²) >= 11 is 0. The minimum absolute atomic E-state index is 0.0617. The number of sulfonamides is 1. The lowest BCUT2D eigenvalue weighted by Gasteiger charge is -2.31. The molecular formula is C24H31F2N3O4S. The summed E-state index contributed by atoms with van der Waals surface area (Å²) in [6.45, 7) is 7.12. The maximum absolute atomic E-state index is 13.8. The van der Waals surface area contributed by atoms with Gasteiger partial charge >= 0.3 is 0 Å². The van der Waals surface area contributed by atoms with Crippen molar-refractivity contribution in [3.63, 3.8) is 0 Å². The lowest BCUT2D eigenvalue weighted by molar-refractivity contribution is -0.139. The third-order valence-electron chi connectivity index (χ3n) is 5.16. The number of benzene rings is 2. The van der Waals surface area contributed by atoms with Crippen molar-refractivity contribution >= 4 is 27.5 Å². The quantitative estimate of drug-likeness (QED) is 0.548. The molecule has 2 rings (SSSR count). The largest absolute Gasteiger partial charge is 0.354 e. The molecule has 1 N–H and O–H groups in total.